The summed E-state index contributed by atoms with van der Waals surface area (Å²) >= 11 is 0. The molecular formula is C4H2Lu-2. The van der Waals surface area contributed by atoms with Crippen LogP contribution in [0.1, 0.15) is 0 Å². The molecule has 0 unspecified atom stereocenters. The van der Waals surface area contributed by atoms with Crippen molar-refractivity contribution < 1.29 is 36.9 Å². The monoisotopic (exact) mass is 225 g/mol. The largest absolute Gasteiger partial charge is 0.697 e. The van der Waals surface area contributed by atoms with Gasteiger partial charge in [0.05, 0.1) is 0 Å². The van der Waals surface area contributed by atoms with Gasteiger partial charge in [0.15, 0.2) is 0 Å². The van der Waals surface area contributed by atoms with Crippen molar-refractivity contribution in [1.82, 2.24) is 0 Å². The van der Waals surface area contributed by atoms with Gasteiger partial charge in [0.25, 0.3) is 0 Å². The number of rotatable bonds is 0. The minimum Gasteiger partial charge on any atom is -0.697 e. The summed E-state index contributed by atoms with van der Waals surface area (Å²) in [4.78, 5) is 0. The number of terminal acetylenes is 2. The van der Waals surface area contributed by atoms with E-state index in [0.717, 1.165) is 0 Å². The molecule has 0 saturated heterocycles. The van der Waals surface area contributed by atoms with Crippen molar-refractivity contribution in [3.63, 3.8) is 0 Å². The van der Waals surface area contributed by atoms with E-state index in [1.807, 2.05) is 0 Å². The fourth-order valence-corrected chi connectivity index (χ4v) is 0. The van der Waals surface area contributed by atoms with Crippen molar-refractivity contribution in [3.05, 3.63) is 12.8 Å². The van der Waals surface area contributed by atoms with E-state index in [1.165, 1.54) is 0 Å². The fourth-order valence-electron chi connectivity index (χ4n) is 0. The molecule has 0 fully saturated rings. The van der Waals surface area contributed by atoms with E-state index >= 15 is 0 Å². The second-order valence-corrected chi connectivity index (χ2v) is 0. The Morgan fingerprint density at radius 3 is 0.800 bits per heavy atom. The molecule has 0 aromatic rings. The van der Waals surface area contributed by atoms with Crippen LogP contribution in [-0.2, 0) is 0 Å². The molecule has 0 aliphatic carbocycles. The summed E-state index contributed by atoms with van der Waals surface area (Å²) in [5.74, 6) is 0. The van der Waals surface area contributed by atoms with Gasteiger partial charge in [0.2, 0.25) is 0 Å². The average molecular weight is 225 g/mol. The summed E-state index contributed by atoms with van der Waals surface area (Å²) in [6, 6.07) is 0. The summed E-state index contributed by atoms with van der Waals surface area (Å²) in [6.07, 6.45) is 18.0. The van der Waals surface area contributed by atoms with E-state index in [4.69, 9.17) is 12.8 Å². The Morgan fingerprint density at radius 1 is 0.800 bits per heavy atom. The molecule has 0 spiro atoms. The molecule has 0 atom stereocenters. The van der Waals surface area contributed by atoms with Crippen LogP contribution in [-0.4, -0.2) is 0 Å². The third-order valence-electron chi connectivity index (χ3n) is 0. The maximum atomic E-state index is 5.25. The quantitative estimate of drug-likeness (QED) is 0.413. The molecule has 0 heterocycles. The van der Waals surface area contributed by atoms with Crippen LogP contribution in [0.4, 0.5) is 0 Å². The van der Waals surface area contributed by atoms with E-state index in [-0.39, 0.29) is 36.9 Å². The van der Waals surface area contributed by atoms with Crippen LogP contribution in [0.2, 0.25) is 0 Å². The summed E-state index contributed by atoms with van der Waals surface area (Å²) < 4.78 is 0. The first-order valence-electron chi connectivity index (χ1n) is 0.577. The fraction of sp³-hybridized carbons (Fsp3) is 0. The molecule has 0 N–H and O–H groups in total. The Kier molecular flexibility index (Phi) is 1430. The first-order valence-corrected chi connectivity index (χ1v) is 0.577. The van der Waals surface area contributed by atoms with Gasteiger partial charge in [-0.3, -0.25) is 0 Å². The number of hydrogen-bond acceptors (Lipinski definition) is 0. The SMILES string of the molecule is [C-]#C.[C-]#C.[Lu]. The smallest absolute Gasteiger partial charge is 0 e. The topological polar surface area (TPSA) is 0 Å². The van der Waals surface area contributed by atoms with Gasteiger partial charge < -0.3 is 25.7 Å². The Morgan fingerprint density at radius 2 is 0.800 bits per heavy atom. The van der Waals surface area contributed by atoms with Gasteiger partial charge in [-0.05, 0) is 0 Å². The minimum atomic E-state index is 0. The molecule has 5 heavy (non-hydrogen) atoms. The van der Waals surface area contributed by atoms with Gasteiger partial charge in [0, 0.05) is 36.9 Å². The van der Waals surface area contributed by atoms with E-state index in [9.17, 15) is 0 Å². The standard InChI is InChI=1S/2C2H.Lu/c2*1-2;/h2*1H;/q2*-1;. The maximum Gasteiger partial charge on any atom is 0 e. The Labute approximate surface area is 62.1 Å². The van der Waals surface area contributed by atoms with Crippen molar-refractivity contribution >= 4 is 0 Å². The predicted octanol–water partition coefficient (Wildman–Crippen LogP) is 0.412. The molecule has 0 nitrogen and oxygen atoms in total. The number of hydrogen-bond donors (Lipinski definition) is 0. The van der Waals surface area contributed by atoms with E-state index in [2.05, 4.69) is 12.8 Å². The molecule has 0 bridgehead atoms. The van der Waals surface area contributed by atoms with Gasteiger partial charge in [0.1, 0.15) is 0 Å². The van der Waals surface area contributed by atoms with Crippen LogP contribution >= 0.6 is 0 Å². The molecule has 0 aromatic heterocycles. The second-order valence-electron chi connectivity index (χ2n) is 0. The van der Waals surface area contributed by atoms with Crippen molar-refractivity contribution in [2.24, 2.45) is 0 Å². The van der Waals surface area contributed by atoms with Crippen molar-refractivity contribution in [2.75, 3.05) is 0 Å². The first-order chi connectivity index (χ1) is 2.00. The van der Waals surface area contributed by atoms with Crippen LogP contribution in [0.15, 0.2) is 0 Å². The van der Waals surface area contributed by atoms with Crippen molar-refractivity contribution in [3.8, 4) is 12.8 Å². The van der Waals surface area contributed by atoms with E-state index in [0.29, 0.717) is 0 Å². The van der Waals surface area contributed by atoms with Crippen LogP contribution in [0.5, 0.6) is 0 Å². The van der Waals surface area contributed by atoms with E-state index in [1.54, 1.807) is 0 Å². The summed E-state index contributed by atoms with van der Waals surface area (Å²) in [5, 5.41) is 0. The van der Waals surface area contributed by atoms with Gasteiger partial charge in [-0.1, -0.05) is 0 Å². The Balaban J connectivity index is -0.0000000133. The van der Waals surface area contributed by atoms with Crippen LogP contribution in [0.25, 0.3) is 0 Å². The predicted molar refractivity (Wildman–Crippen MR) is 16.4 cm³/mol. The molecule has 0 rings (SSSR count). The summed E-state index contributed by atoms with van der Waals surface area (Å²) in [5.41, 5.74) is 0. The van der Waals surface area contributed by atoms with Crippen LogP contribution in [0.3, 0.4) is 0 Å². The van der Waals surface area contributed by atoms with Crippen molar-refractivity contribution in [2.45, 2.75) is 0 Å². The molecule has 0 saturated carbocycles. The first kappa shape index (κ1) is 18.3. The Hall–Kier alpha value is 0.354. The summed E-state index contributed by atoms with van der Waals surface area (Å²) in [7, 11) is 0. The molecule has 1 heteroatoms. The minimum absolute atomic E-state index is 0. The van der Waals surface area contributed by atoms with Crippen molar-refractivity contribution in [1.29, 1.82) is 0 Å². The Bertz CT molecular complexity index is 19.1. The van der Waals surface area contributed by atoms with E-state index < -0.39 is 0 Å². The molecular weight excluding hydrogens is 223 g/mol. The van der Waals surface area contributed by atoms with Crippen LogP contribution in [0, 0.1) is 62.6 Å². The molecule has 35 valence electrons. The van der Waals surface area contributed by atoms with Gasteiger partial charge in [-0.2, -0.15) is 0 Å². The van der Waals surface area contributed by atoms with Crippen LogP contribution < -0.4 is 0 Å². The zero-order valence-corrected chi connectivity index (χ0v) is 4.07. The second kappa shape index (κ2) is 391. The molecule has 0 aromatic carbocycles. The molecule has 1 radical (unpaired) electrons. The van der Waals surface area contributed by atoms with Gasteiger partial charge in [-0.25, -0.2) is 0 Å². The molecule has 0 aliphatic heterocycles. The molecule has 0 aliphatic rings. The normalized spacial score (nSPS) is 0.800. The molecule has 0 amide bonds. The zero-order valence-electron chi connectivity index (χ0n) is 2.41. The zero-order chi connectivity index (χ0) is 4.00. The average Bonchev–Trinajstić information content (AvgIpc) is 1.50. The van der Waals surface area contributed by atoms with Gasteiger partial charge in [-0.15, -0.1) is 0 Å². The third-order valence-corrected chi connectivity index (χ3v) is 0. The summed E-state index contributed by atoms with van der Waals surface area (Å²) in [6.45, 7) is 0. The van der Waals surface area contributed by atoms with Gasteiger partial charge >= 0.3 is 0 Å². The maximum absolute atomic E-state index is 5.25. The third kappa shape index (κ3) is 193.